The van der Waals surface area contributed by atoms with Crippen molar-refractivity contribution < 1.29 is 22.8 Å². The van der Waals surface area contributed by atoms with E-state index in [1.165, 1.54) is 40.5 Å². The Labute approximate surface area is 228 Å². The van der Waals surface area contributed by atoms with Gasteiger partial charge >= 0.3 is 6.03 Å². The lowest BCUT2D eigenvalue weighted by atomic mass is 10.0. The molecule has 4 amide bonds. The van der Waals surface area contributed by atoms with E-state index in [2.05, 4.69) is 15.5 Å². The zero-order valence-corrected chi connectivity index (χ0v) is 23.9. The van der Waals surface area contributed by atoms with Crippen LogP contribution in [0, 0.1) is 0 Å². The average molecular weight is 562 g/mol. The molecule has 10 nitrogen and oxygen atoms in total. The molecule has 1 fully saturated rings. The monoisotopic (exact) mass is 561 g/mol. The summed E-state index contributed by atoms with van der Waals surface area (Å²) in [6.07, 6.45) is 4.10. The largest absolute Gasteiger partial charge is 0.331 e. The lowest BCUT2D eigenvalue weighted by Gasteiger charge is -2.34. The molecule has 3 heterocycles. The molecule has 0 spiro atoms. The Morgan fingerprint density at radius 2 is 1.79 bits per heavy atom. The normalized spacial score (nSPS) is 18.5. The van der Waals surface area contributed by atoms with Crippen LogP contribution in [0.15, 0.2) is 29.2 Å². The van der Waals surface area contributed by atoms with Crippen molar-refractivity contribution in [2.75, 3.05) is 39.5 Å². The first-order chi connectivity index (χ1) is 18.0. The Kier molecular flexibility index (Phi) is 8.55. The summed E-state index contributed by atoms with van der Waals surface area (Å²) in [7, 11) is 1.41. The molecule has 1 atom stereocenters. The fourth-order valence-electron chi connectivity index (χ4n) is 4.92. The fraction of sp³-hybridized carbons (Fsp3) is 0.500. The maximum atomic E-state index is 13.3. The molecule has 0 saturated carbocycles. The summed E-state index contributed by atoms with van der Waals surface area (Å²) in [5.74, 6) is -1.02. The van der Waals surface area contributed by atoms with E-state index in [4.69, 9.17) is 0 Å². The number of sulfonamides is 1. The topological polar surface area (TPSA) is 119 Å². The van der Waals surface area contributed by atoms with Crippen molar-refractivity contribution in [3.05, 3.63) is 45.8 Å². The summed E-state index contributed by atoms with van der Waals surface area (Å²) in [5, 5.41) is 5.58. The van der Waals surface area contributed by atoms with Crippen molar-refractivity contribution in [2.24, 2.45) is 0 Å². The van der Waals surface area contributed by atoms with Gasteiger partial charge in [0.15, 0.2) is 0 Å². The summed E-state index contributed by atoms with van der Waals surface area (Å²) in [6.45, 7) is 3.89. The van der Waals surface area contributed by atoms with E-state index in [-0.39, 0.29) is 16.5 Å². The zero-order chi connectivity index (χ0) is 27.6. The second-order valence-corrected chi connectivity index (χ2v) is 13.0. The number of anilines is 1. The van der Waals surface area contributed by atoms with Gasteiger partial charge in [0.1, 0.15) is 5.00 Å². The second-order valence-electron chi connectivity index (χ2n) is 10.0. The lowest BCUT2D eigenvalue weighted by molar-refractivity contribution is 0.0956. The Morgan fingerprint density at radius 3 is 2.45 bits per heavy atom. The molecule has 0 radical (unpaired) electrons. The van der Waals surface area contributed by atoms with Crippen molar-refractivity contribution in [1.82, 2.24) is 19.4 Å². The maximum absolute atomic E-state index is 13.3. The van der Waals surface area contributed by atoms with Gasteiger partial charge in [-0.25, -0.2) is 13.2 Å². The van der Waals surface area contributed by atoms with Crippen molar-refractivity contribution >= 4 is 44.2 Å². The third kappa shape index (κ3) is 5.78. The van der Waals surface area contributed by atoms with Gasteiger partial charge < -0.3 is 15.1 Å². The number of rotatable bonds is 6. The molecule has 0 aliphatic carbocycles. The van der Waals surface area contributed by atoms with Crippen LogP contribution < -0.4 is 10.6 Å². The quantitative estimate of drug-likeness (QED) is 0.558. The number of urea groups is 1. The van der Waals surface area contributed by atoms with Gasteiger partial charge in [0, 0.05) is 50.2 Å². The van der Waals surface area contributed by atoms with Gasteiger partial charge in [-0.15, -0.1) is 11.3 Å². The van der Waals surface area contributed by atoms with E-state index in [0.717, 1.165) is 42.7 Å². The number of nitrogens with one attached hydrogen (secondary N) is 2. The summed E-state index contributed by atoms with van der Waals surface area (Å²) in [6, 6.07) is 5.35. The third-order valence-electron chi connectivity index (χ3n) is 7.10. The number of piperidine rings is 1. The standard InChI is InChI=1S/C26H35N5O5S2/c1-5-18-8-6-7-14-31(18)38(35,36)19-11-9-17(10-12-19)23(32)27-25-22(24(33)28-26(34)29(2)3)20-13-15-30(4)16-21(20)37-25/h9-12,18H,5-8,13-16H2,1-4H3,(H,27,32)(H,28,33,34). The van der Waals surface area contributed by atoms with Gasteiger partial charge in [-0.05, 0) is 62.6 Å². The minimum Gasteiger partial charge on any atom is -0.331 e. The number of carbonyl (C=O) groups is 3. The van der Waals surface area contributed by atoms with Crippen LogP contribution in [0.5, 0.6) is 0 Å². The molecule has 2 N–H and O–H groups in total. The SMILES string of the molecule is CCC1CCCCN1S(=O)(=O)c1ccc(C(=O)Nc2sc3c(c2C(=O)NC(=O)N(C)C)CCN(C)C3)cc1. The van der Waals surface area contributed by atoms with Crippen LogP contribution in [-0.2, 0) is 23.0 Å². The number of hydrogen-bond donors (Lipinski definition) is 2. The molecule has 1 saturated heterocycles. The third-order valence-corrected chi connectivity index (χ3v) is 10.2. The number of carbonyl (C=O) groups excluding carboxylic acids is 3. The minimum absolute atomic E-state index is 0.00965. The number of hydrogen-bond acceptors (Lipinski definition) is 7. The van der Waals surface area contributed by atoms with Gasteiger partial charge in [0.25, 0.3) is 11.8 Å². The van der Waals surface area contributed by atoms with E-state index < -0.39 is 27.9 Å². The van der Waals surface area contributed by atoms with Gasteiger partial charge in [-0.1, -0.05) is 13.3 Å². The summed E-state index contributed by atoms with van der Waals surface area (Å²) in [5.41, 5.74) is 1.41. The smallest absolute Gasteiger partial charge is 0.323 e. The van der Waals surface area contributed by atoms with Gasteiger partial charge in [-0.2, -0.15) is 4.31 Å². The predicted molar refractivity (Wildman–Crippen MR) is 147 cm³/mol. The van der Waals surface area contributed by atoms with Gasteiger partial charge in [-0.3, -0.25) is 14.9 Å². The Morgan fingerprint density at radius 1 is 1.08 bits per heavy atom. The summed E-state index contributed by atoms with van der Waals surface area (Å²) in [4.78, 5) is 42.9. The average Bonchev–Trinajstić information content (AvgIpc) is 3.25. The Bertz CT molecular complexity index is 1320. The van der Waals surface area contributed by atoms with E-state index in [1.807, 2.05) is 14.0 Å². The molecule has 206 valence electrons. The number of amides is 4. The maximum Gasteiger partial charge on any atom is 0.323 e. The highest BCUT2D eigenvalue weighted by Gasteiger charge is 2.33. The molecule has 1 aromatic carbocycles. The van der Waals surface area contributed by atoms with Crippen molar-refractivity contribution in [2.45, 2.75) is 56.5 Å². The first-order valence-corrected chi connectivity index (χ1v) is 15.1. The molecular weight excluding hydrogens is 526 g/mol. The molecule has 12 heteroatoms. The van der Waals surface area contributed by atoms with Gasteiger partial charge in [0.2, 0.25) is 10.0 Å². The van der Waals surface area contributed by atoms with Crippen LogP contribution >= 0.6 is 11.3 Å². The molecular formula is C26H35N5O5S2. The highest BCUT2D eigenvalue weighted by molar-refractivity contribution is 7.89. The molecule has 4 rings (SSSR count). The molecule has 0 bridgehead atoms. The molecule has 1 aromatic heterocycles. The van der Waals surface area contributed by atoms with Crippen LogP contribution in [0.1, 0.15) is 63.8 Å². The van der Waals surface area contributed by atoms with E-state index in [1.54, 1.807) is 18.4 Å². The molecule has 2 aliphatic heterocycles. The van der Waals surface area contributed by atoms with Crippen LogP contribution in [0.3, 0.4) is 0 Å². The molecule has 1 unspecified atom stereocenters. The summed E-state index contributed by atoms with van der Waals surface area (Å²) >= 11 is 1.32. The number of fused-ring (bicyclic) bond motifs is 1. The van der Waals surface area contributed by atoms with Crippen LogP contribution in [0.4, 0.5) is 9.80 Å². The van der Waals surface area contributed by atoms with Crippen molar-refractivity contribution in [3.8, 4) is 0 Å². The minimum atomic E-state index is -3.66. The lowest BCUT2D eigenvalue weighted by Crippen LogP contribution is -2.43. The van der Waals surface area contributed by atoms with Crippen LogP contribution in [-0.4, -0.2) is 80.6 Å². The number of likely N-dealkylation sites (N-methyl/N-ethyl adjacent to an activating group) is 1. The van der Waals surface area contributed by atoms with Crippen molar-refractivity contribution in [1.29, 1.82) is 0 Å². The first kappa shape index (κ1) is 28.2. The number of imide groups is 1. The van der Waals surface area contributed by atoms with Gasteiger partial charge in [0.05, 0.1) is 10.5 Å². The Balaban J connectivity index is 1.57. The summed E-state index contributed by atoms with van der Waals surface area (Å²) < 4.78 is 28.1. The second kappa shape index (κ2) is 11.5. The zero-order valence-electron chi connectivity index (χ0n) is 22.2. The van der Waals surface area contributed by atoms with Crippen LogP contribution in [0.25, 0.3) is 0 Å². The number of benzene rings is 1. The number of thiophene rings is 1. The first-order valence-electron chi connectivity index (χ1n) is 12.8. The van der Waals surface area contributed by atoms with E-state index in [9.17, 15) is 22.8 Å². The predicted octanol–water partition coefficient (Wildman–Crippen LogP) is 3.35. The Hall–Kier alpha value is -2.80. The number of nitrogens with zero attached hydrogens (tertiary/aromatic N) is 3. The highest BCUT2D eigenvalue weighted by atomic mass is 32.2. The highest BCUT2D eigenvalue weighted by Crippen LogP contribution is 2.37. The fourth-order valence-corrected chi connectivity index (χ4v) is 8.01. The van der Waals surface area contributed by atoms with E-state index in [0.29, 0.717) is 30.1 Å². The van der Waals surface area contributed by atoms with Crippen molar-refractivity contribution in [3.63, 3.8) is 0 Å². The molecule has 2 aliphatic rings. The molecule has 2 aromatic rings. The van der Waals surface area contributed by atoms with Crippen LogP contribution in [0.2, 0.25) is 0 Å². The molecule has 38 heavy (non-hydrogen) atoms. The van der Waals surface area contributed by atoms with E-state index >= 15 is 0 Å².